The molecule has 0 aliphatic rings. The van der Waals surface area contributed by atoms with Crippen molar-refractivity contribution in [2.24, 2.45) is 5.73 Å². The highest BCUT2D eigenvalue weighted by Gasteiger charge is 2.11. The standard InChI is InChI=1S/C15H20N4/c1-12-5-3-6-14(9-12)19(8-4-7-16)15-10-13(2)11-17-18-15/h3,5-6,9-11H,4,7-8,16H2,1-2H3. The molecule has 100 valence electrons. The summed E-state index contributed by atoms with van der Waals surface area (Å²) in [5, 5.41) is 8.27. The molecule has 0 saturated carbocycles. The Morgan fingerprint density at radius 2 is 2.00 bits per heavy atom. The summed E-state index contributed by atoms with van der Waals surface area (Å²) in [5.74, 6) is 0.874. The summed E-state index contributed by atoms with van der Waals surface area (Å²) in [4.78, 5) is 2.17. The molecule has 1 aromatic carbocycles. The van der Waals surface area contributed by atoms with Crippen LogP contribution in [0.15, 0.2) is 36.5 Å². The van der Waals surface area contributed by atoms with Gasteiger partial charge in [0.05, 0.1) is 6.20 Å². The Morgan fingerprint density at radius 3 is 2.68 bits per heavy atom. The average Bonchev–Trinajstić information content (AvgIpc) is 2.39. The van der Waals surface area contributed by atoms with Crippen molar-refractivity contribution < 1.29 is 0 Å². The first-order valence-corrected chi connectivity index (χ1v) is 6.54. The zero-order valence-electron chi connectivity index (χ0n) is 11.5. The number of aromatic nitrogens is 2. The average molecular weight is 256 g/mol. The van der Waals surface area contributed by atoms with Gasteiger partial charge in [-0.1, -0.05) is 12.1 Å². The largest absolute Gasteiger partial charge is 0.330 e. The summed E-state index contributed by atoms with van der Waals surface area (Å²) in [6, 6.07) is 10.4. The third-order valence-electron chi connectivity index (χ3n) is 2.95. The van der Waals surface area contributed by atoms with Crippen LogP contribution in [0.5, 0.6) is 0 Å². The molecule has 0 saturated heterocycles. The van der Waals surface area contributed by atoms with Gasteiger partial charge < -0.3 is 10.6 Å². The predicted molar refractivity (Wildman–Crippen MR) is 78.6 cm³/mol. The third kappa shape index (κ3) is 3.51. The van der Waals surface area contributed by atoms with Crippen LogP contribution < -0.4 is 10.6 Å². The van der Waals surface area contributed by atoms with Gasteiger partial charge in [0.2, 0.25) is 0 Å². The lowest BCUT2D eigenvalue weighted by Gasteiger charge is -2.23. The molecule has 0 aliphatic heterocycles. The van der Waals surface area contributed by atoms with Gasteiger partial charge in [-0.15, -0.1) is 5.10 Å². The SMILES string of the molecule is Cc1cccc(N(CCCN)c2cc(C)cnn2)c1. The molecule has 0 atom stereocenters. The van der Waals surface area contributed by atoms with Gasteiger partial charge in [-0.2, -0.15) is 5.10 Å². The van der Waals surface area contributed by atoms with Crippen LogP contribution in [0.1, 0.15) is 17.5 Å². The lowest BCUT2D eigenvalue weighted by Crippen LogP contribution is -2.22. The van der Waals surface area contributed by atoms with Gasteiger partial charge in [-0.05, 0) is 56.1 Å². The van der Waals surface area contributed by atoms with Gasteiger partial charge in [0.25, 0.3) is 0 Å². The van der Waals surface area contributed by atoms with E-state index in [9.17, 15) is 0 Å². The van der Waals surface area contributed by atoms with Crippen molar-refractivity contribution in [3.8, 4) is 0 Å². The Hall–Kier alpha value is -1.94. The molecule has 2 rings (SSSR count). The van der Waals surface area contributed by atoms with Crippen LogP contribution in [0.25, 0.3) is 0 Å². The van der Waals surface area contributed by atoms with Crippen LogP contribution in [-0.4, -0.2) is 23.3 Å². The minimum Gasteiger partial charge on any atom is -0.330 e. The third-order valence-corrected chi connectivity index (χ3v) is 2.95. The summed E-state index contributed by atoms with van der Waals surface area (Å²) >= 11 is 0. The molecule has 0 fully saturated rings. The predicted octanol–water partition coefficient (Wildman–Crippen LogP) is 2.58. The summed E-state index contributed by atoms with van der Waals surface area (Å²) in [5.41, 5.74) is 9.10. The Bertz CT molecular complexity index is 494. The van der Waals surface area contributed by atoms with E-state index in [1.807, 2.05) is 13.0 Å². The zero-order chi connectivity index (χ0) is 13.7. The fraction of sp³-hybridized carbons (Fsp3) is 0.333. The molecule has 19 heavy (non-hydrogen) atoms. The van der Waals surface area contributed by atoms with E-state index < -0.39 is 0 Å². The molecule has 1 aromatic heterocycles. The van der Waals surface area contributed by atoms with Crippen LogP contribution in [0.2, 0.25) is 0 Å². The molecule has 0 radical (unpaired) electrons. The highest BCUT2D eigenvalue weighted by Crippen LogP contribution is 2.24. The van der Waals surface area contributed by atoms with Crippen LogP contribution >= 0.6 is 0 Å². The molecule has 4 heteroatoms. The van der Waals surface area contributed by atoms with Crippen molar-refractivity contribution >= 4 is 11.5 Å². The molecule has 2 aromatic rings. The quantitative estimate of drug-likeness (QED) is 0.893. The maximum absolute atomic E-state index is 5.63. The van der Waals surface area contributed by atoms with Gasteiger partial charge in [-0.25, -0.2) is 0 Å². The highest BCUT2D eigenvalue weighted by atomic mass is 15.3. The van der Waals surface area contributed by atoms with Gasteiger partial charge in [0.15, 0.2) is 5.82 Å². The number of anilines is 2. The second-order valence-corrected chi connectivity index (χ2v) is 4.72. The molecule has 0 spiro atoms. The minimum absolute atomic E-state index is 0.668. The number of aryl methyl sites for hydroxylation is 2. The molecule has 0 aliphatic carbocycles. The number of rotatable bonds is 5. The van der Waals surface area contributed by atoms with Crippen LogP contribution in [-0.2, 0) is 0 Å². The molecule has 2 N–H and O–H groups in total. The second kappa shape index (κ2) is 6.29. The van der Waals surface area contributed by atoms with Gasteiger partial charge in [0, 0.05) is 12.2 Å². The zero-order valence-corrected chi connectivity index (χ0v) is 11.5. The van der Waals surface area contributed by atoms with Crippen molar-refractivity contribution in [2.75, 3.05) is 18.0 Å². The van der Waals surface area contributed by atoms with Crippen molar-refractivity contribution in [3.63, 3.8) is 0 Å². The number of hydrogen-bond acceptors (Lipinski definition) is 4. The van der Waals surface area contributed by atoms with E-state index in [4.69, 9.17) is 5.73 Å². The normalized spacial score (nSPS) is 10.5. The van der Waals surface area contributed by atoms with E-state index in [1.165, 1.54) is 5.56 Å². The number of hydrogen-bond donors (Lipinski definition) is 1. The lowest BCUT2D eigenvalue weighted by atomic mass is 10.2. The van der Waals surface area contributed by atoms with Gasteiger partial charge in [0.1, 0.15) is 0 Å². The fourth-order valence-electron chi connectivity index (χ4n) is 2.00. The lowest BCUT2D eigenvalue weighted by molar-refractivity contribution is 0.800. The summed E-state index contributed by atoms with van der Waals surface area (Å²) in [6.07, 6.45) is 2.68. The minimum atomic E-state index is 0.668. The van der Waals surface area contributed by atoms with Crippen molar-refractivity contribution in [1.29, 1.82) is 0 Å². The Kier molecular flexibility index (Phi) is 4.47. The maximum Gasteiger partial charge on any atom is 0.155 e. The van der Waals surface area contributed by atoms with Crippen molar-refractivity contribution in [1.82, 2.24) is 10.2 Å². The Labute approximate surface area is 114 Å². The number of benzene rings is 1. The molecule has 0 bridgehead atoms. The van der Waals surface area contributed by atoms with Gasteiger partial charge >= 0.3 is 0 Å². The first-order chi connectivity index (χ1) is 9.20. The van der Waals surface area contributed by atoms with Crippen LogP contribution in [0.4, 0.5) is 11.5 Å². The maximum atomic E-state index is 5.63. The first-order valence-electron chi connectivity index (χ1n) is 6.54. The van der Waals surface area contributed by atoms with E-state index in [-0.39, 0.29) is 0 Å². The van der Waals surface area contributed by atoms with Crippen molar-refractivity contribution in [2.45, 2.75) is 20.3 Å². The highest BCUT2D eigenvalue weighted by molar-refractivity contribution is 5.60. The topological polar surface area (TPSA) is 55.0 Å². The van der Waals surface area contributed by atoms with E-state index in [2.05, 4.69) is 46.3 Å². The van der Waals surface area contributed by atoms with Crippen molar-refractivity contribution in [3.05, 3.63) is 47.7 Å². The summed E-state index contributed by atoms with van der Waals surface area (Å²) in [7, 11) is 0. The molecule has 0 amide bonds. The van der Waals surface area contributed by atoms with E-state index in [1.54, 1.807) is 6.20 Å². The number of nitrogens with two attached hydrogens (primary N) is 1. The molecule has 4 nitrogen and oxygen atoms in total. The second-order valence-electron chi connectivity index (χ2n) is 4.72. The van der Waals surface area contributed by atoms with E-state index >= 15 is 0 Å². The van der Waals surface area contributed by atoms with E-state index in [0.717, 1.165) is 30.0 Å². The molecular weight excluding hydrogens is 236 g/mol. The summed E-state index contributed by atoms with van der Waals surface area (Å²) in [6.45, 7) is 5.63. The van der Waals surface area contributed by atoms with Crippen LogP contribution in [0, 0.1) is 13.8 Å². The van der Waals surface area contributed by atoms with Gasteiger partial charge in [-0.3, -0.25) is 0 Å². The monoisotopic (exact) mass is 256 g/mol. The van der Waals surface area contributed by atoms with Crippen LogP contribution in [0.3, 0.4) is 0 Å². The first kappa shape index (κ1) is 13.5. The smallest absolute Gasteiger partial charge is 0.155 e. The Balaban J connectivity index is 2.35. The molecule has 0 unspecified atom stereocenters. The summed E-state index contributed by atoms with van der Waals surface area (Å²) < 4.78 is 0. The fourth-order valence-corrected chi connectivity index (χ4v) is 2.00. The molecule has 1 heterocycles. The molecular formula is C15H20N4. The number of nitrogens with zero attached hydrogens (tertiary/aromatic N) is 3. The Morgan fingerprint density at radius 1 is 1.16 bits per heavy atom. The van der Waals surface area contributed by atoms with E-state index in [0.29, 0.717) is 6.54 Å².